The number of hydrogen-bond donors (Lipinski definition) is 2. The zero-order valence-electron chi connectivity index (χ0n) is 24.5. The highest BCUT2D eigenvalue weighted by Gasteiger charge is 2.31. The number of sulfonamides is 1. The average Bonchev–Trinajstić information content (AvgIpc) is 3.55. The maximum atomic E-state index is 15.6. The summed E-state index contributed by atoms with van der Waals surface area (Å²) in [5.41, 5.74) is 4.93. The molecule has 8 nitrogen and oxygen atoms in total. The van der Waals surface area contributed by atoms with Crippen molar-refractivity contribution in [1.82, 2.24) is 14.8 Å². The number of carboxylic acids is 1. The summed E-state index contributed by atoms with van der Waals surface area (Å²) < 4.78 is 56.1. The van der Waals surface area contributed by atoms with Crippen molar-refractivity contribution in [2.75, 3.05) is 0 Å². The third-order valence-corrected chi connectivity index (χ3v) is 9.71. The number of primary sulfonamides is 1. The van der Waals surface area contributed by atoms with Crippen molar-refractivity contribution in [1.29, 1.82) is 0 Å². The van der Waals surface area contributed by atoms with Crippen LogP contribution in [0.5, 0.6) is 0 Å². The van der Waals surface area contributed by atoms with Gasteiger partial charge < -0.3 is 5.11 Å². The lowest BCUT2D eigenvalue weighted by Crippen LogP contribution is -2.14. The van der Waals surface area contributed by atoms with Gasteiger partial charge in [-0.15, -0.1) is 11.3 Å². The van der Waals surface area contributed by atoms with Gasteiger partial charge in [-0.1, -0.05) is 50.2 Å². The zero-order chi connectivity index (χ0) is 32.0. The highest BCUT2D eigenvalue weighted by Crippen LogP contribution is 2.41. The predicted molar refractivity (Wildman–Crippen MR) is 168 cm³/mol. The summed E-state index contributed by atoms with van der Waals surface area (Å²) in [7, 11) is -4.26. The van der Waals surface area contributed by atoms with Crippen LogP contribution in [0, 0.1) is 17.6 Å². The molecule has 2 aromatic heterocycles. The van der Waals surface area contributed by atoms with Crippen molar-refractivity contribution in [3.05, 3.63) is 106 Å². The molecule has 1 aliphatic rings. The van der Waals surface area contributed by atoms with E-state index in [9.17, 15) is 18.3 Å². The number of nitrogens with zero attached hydrogens (tertiary/aromatic N) is 3. The highest BCUT2D eigenvalue weighted by atomic mass is 32.2. The van der Waals surface area contributed by atoms with Crippen LogP contribution in [0.25, 0.3) is 27.5 Å². The molecule has 5 aromatic rings. The van der Waals surface area contributed by atoms with Crippen LogP contribution in [0.15, 0.2) is 70.9 Å². The van der Waals surface area contributed by atoms with Crippen molar-refractivity contribution >= 4 is 27.3 Å². The zero-order valence-corrected chi connectivity index (χ0v) is 26.1. The first-order valence-corrected chi connectivity index (χ1v) is 16.8. The van der Waals surface area contributed by atoms with Gasteiger partial charge in [-0.3, -0.25) is 0 Å². The van der Waals surface area contributed by atoms with E-state index in [0.717, 1.165) is 53.1 Å². The number of hydrogen-bond acceptors (Lipinski definition) is 6. The standard InChI is InChI=1S/C33H30F2N4O4S2/c1-18(2)22-16-26(34)23(21-6-4-3-5-7-21)15-24(22)31-25(12-20-10-11-30(27(35)13-20)45(36,42)43)29(14-19-8-9-19)39(38-31)33-37-28(17-44-33)32(40)41/h3-7,10-11,13,15-19H,8-9,12,14H2,1-2H3,(H,40,41)(H2,36,42,43). The Labute approximate surface area is 263 Å². The number of aromatic carboxylic acids is 1. The van der Waals surface area contributed by atoms with E-state index >= 15 is 8.78 Å². The van der Waals surface area contributed by atoms with Crippen LogP contribution in [0.1, 0.15) is 65.5 Å². The first-order chi connectivity index (χ1) is 21.4. The van der Waals surface area contributed by atoms with E-state index in [4.69, 9.17) is 10.2 Å². The quantitative estimate of drug-likeness (QED) is 0.169. The lowest BCUT2D eigenvalue weighted by molar-refractivity contribution is 0.0691. The lowest BCUT2D eigenvalue weighted by atomic mass is 9.88. The van der Waals surface area contributed by atoms with E-state index in [-0.39, 0.29) is 23.8 Å². The second-order valence-electron chi connectivity index (χ2n) is 11.6. The normalized spacial score (nSPS) is 13.5. The summed E-state index contributed by atoms with van der Waals surface area (Å²) in [5.74, 6) is -2.21. The van der Waals surface area contributed by atoms with Crippen LogP contribution >= 0.6 is 11.3 Å². The first kappa shape index (κ1) is 30.8. The number of benzene rings is 3. The molecule has 1 saturated carbocycles. The monoisotopic (exact) mass is 648 g/mol. The SMILES string of the molecule is CC(C)c1cc(F)c(-c2ccccc2)cc1-c1nn(-c2nc(C(=O)O)cs2)c(CC2CC2)c1Cc1ccc(S(N)(=O)=O)c(F)c1. The van der Waals surface area contributed by atoms with Gasteiger partial charge in [-0.05, 0) is 72.1 Å². The maximum absolute atomic E-state index is 15.6. The molecule has 0 spiro atoms. The smallest absolute Gasteiger partial charge is 0.355 e. The van der Waals surface area contributed by atoms with Crippen LogP contribution in [-0.4, -0.2) is 34.3 Å². The second kappa shape index (κ2) is 11.9. The largest absolute Gasteiger partial charge is 0.476 e. The minimum Gasteiger partial charge on any atom is -0.476 e. The molecule has 0 atom stereocenters. The van der Waals surface area contributed by atoms with Crippen LogP contribution in [-0.2, 0) is 22.9 Å². The topological polar surface area (TPSA) is 128 Å². The molecule has 0 aliphatic heterocycles. The molecule has 0 radical (unpaired) electrons. The van der Waals surface area contributed by atoms with Crippen LogP contribution < -0.4 is 5.14 Å². The Morgan fingerprint density at radius 3 is 2.40 bits per heavy atom. The lowest BCUT2D eigenvalue weighted by Gasteiger charge is -2.16. The van der Waals surface area contributed by atoms with E-state index in [1.807, 2.05) is 44.2 Å². The Balaban J connectivity index is 1.61. The molecule has 0 bridgehead atoms. The van der Waals surface area contributed by atoms with E-state index in [1.54, 1.807) is 10.7 Å². The highest BCUT2D eigenvalue weighted by molar-refractivity contribution is 7.89. The molecule has 0 saturated heterocycles. The molecular weight excluding hydrogens is 619 g/mol. The Bertz CT molecular complexity index is 2040. The Morgan fingerprint density at radius 2 is 1.80 bits per heavy atom. The van der Waals surface area contributed by atoms with Crippen LogP contribution in [0.3, 0.4) is 0 Å². The number of rotatable bonds is 10. The Kier molecular flexibility index (Phi) is 8.14. The van der Waals surface area contributed by atoms with Gasteiger partial charge in [0.2, 0.25) is 15.2 Å². The minimum atomic E-state index is -4.26. The van der Waals surface area contributed by atoms with Crippen molar-refractivity contribution in [2.24, 2.45) is 11.1 Å². The number of aromatic nitrogens is 3. The summed E-state index contributed by atoms with van der Waals surface area (Å²) in [6.45, 7) is 3.92. The average molecular weight is 649 g/mol. The fourth-order valence-electron chi connectivity index (χ4n) is 5.51. The molecule has 3 aromatic carbocycles. The second-order valence-corrected chi connectivity index (χ2v) is 13.9. The van der Waals surface area contributed by atoms with Crippen molar-refractivity contribution in [3.63, 3.8) is 0 Å². The summed E-state index contributed by atoms with van der Waals surface area (Å²) >= 11 is 1.14. The van der Waals surface area contributed by atoms with E-state index in [2.05, 4.69) is 4.98 Å². The molecule has 6 rings (SSSR count). The third-order valence-electron chi connectivity index (χ3n) is 7.95. The van der Waals surface area contributed by atoms with Gasteiger partial charge >= 0.3 is 5.97 Å². The molecule has 45 heavy (non-hydrogen) atoms. The van der Waals surface area contributed by atoms with Crippen molar-refractivity contribution in [2.45, 2.75) is 50.3 Å². The van der Waals surface area contributed by atoms with Crippen molar-refractivity contribution < 1.29 is 27.1 Å². The molecule has 2 heterocycles. The van der Waals surface area contributed by atoms with Gasteiger partial charge in [-0.2, -0.15) is 5.10 Å². The predicted octanol–water partition coefficient (Wildman–Crippen LogP) is 6.95. The summed E-state index contributed by atoms with van der Waals surface area (Å²) in [5, 5.41) is 21.6. The molecule has 1 fully saturated rings. The van der Waals surface area contributed by atoms with Crippen molar-refractivity contribution in [3.8, 4) is 27.5 Å². The fraction of sp³-hybridized carbons (Fsp3) is 0.242. The maximum Gasteiger partial charge on any atom is 0.355 e. The van der Waals surface area contributed by atoms with Gasteiger partial charge in [0, 0.05) is 28.5 Å². The minimum absolute atomic E-state index is 0.0887. The molecule has 3 N–H and O–H groups in total. The first-order valence-electron chi connectivity index (χ1n) is 14.4. The molecule has 0 unspecified atom stereocenters. The van der Waals surface area contributed by atoms with Gasteiger partial charge in [-0.25, -0.2) is 36.8 Å². The Hall–Kier alpha value is -4.26. The summed E-state index contributed by atoms with van der Waals surface area (Å²) in [4.78, 5) is 15.4. The molecular formula is C33H30F2N4O4S2. The van der Waals surface area contributed by atoms with Crippen LogP contribution in [0.4, 0.5) is 8.78 Å². The number of thiazole rings is 1. The van der Waals surface area contributed by atoms with Gasteiger partial charge in [0.1, 0.15) is 16.5 Å². The van der Waals surface area contributed by atoms with Gasteiger partial charge in [0.15, 0.2) is 5.69 Å². The molecule has 1 aliphatic carbocycles. The van der Waals surface area contributed by atoms with E-state index in [1.165, 1.54) is 17.5 Å². The van der Waals surface area contributed by atoms with E-state index < -0.39 is 26.7 Å². The number of halogens is 2. The molecule has 232 valence electrons. The van der Waals surface area contributed by atoms with E-state index in [0.29, 0.717) is 45.4 Å². The van der Waals surface area contributed by atoms with Gasteiger partial charge in [0.25, 0.3) is 0 Å². The van der Waals surface area contributed by atoms with Crippen LogP contribution in [0.2, 0.25) is 0 Å². The number of carboxylic acid groups (broad SMARTS) is 1. The van der Waals surface area contributed by atoms with Gasteiger partial charge in [0.05, 0.1) is 11.4 Å². The summed E-state index contributed by atoms with van der Waals surface area (Å²) in [6.07, 6.45) is 2.82. The summed E-state index contributed by atoms with van der Waals surface area (Å²) in [6, 6.07) is 16.3. The Morgan fingerprint density at radius 1 is 1.07 bits per heavy atom. The molecule has 12 heteroatoms. The molecule has 0 amide bonds. The third kappa shape index (κ3) is 6.31. The number of nitrogens with two attached hydrogens (primary N) is 1. The number of carbonyl (C=O) groups is 1. The fourth-order valence-corrected chi connectivity index (χ4v) is 6.87.